The fourth-order valence-corrected chi connectivity index (χ4v) is 3.23. The van der Waals surface area contributed by atoms with Gasteiger partial charge in [-0.25, -0.2) is 0 Å². The second-order valence-corrected chi connectivity index (χ2v) is 6.36. The summed E-state index contributed by atoms with van der Waals surface area (Å²) < 4.78 is 2.34. The summed E-state index contributed by atoms with van der Waals surface area (Å²) in [7, 11) is 8.55. The highest BCUT2D eigenvalue weighted by atomic mass is 15.3. The van der Waals surface area contributed by atoms with Crippen LogP contribution in [0.3, 0.4) is 0 Å². The van der Waals surface area contributed by atoms with E-state index >= 15 is 0 Å². The van der Waals surface area contributed by atoms with Crippen LogP contribution >= 0.6 is 0 Å². The van der Waals surface area contributed by atoms with Crippen molar-refractivity contribution in [3.8, 4) is 0 Å². The summed E-state index contributed by atoms with van der Waals surface area (Å²) in [6, 6.07) is 21.1. The lowest BCUT2D eigenvalue weighted by atomic mass is 9.32. The van der Waals surface area contributed by atoms with Gasteiger partial charge in [0.2, 0.25) is 6.34 Å². The molecule has 2 aromatic carbocycles. The molecule has 0 unspecified atom stereocenters. The predicted octanol–water partition coefficient (Wildman–Crippen LogP) is 2.06. The van der Waals surface area contributed by atoms with Crippen molar-refractivity contribution in [2.45, 2.75) is 0 Å². The van der Waals surface area contributed by atoms with Gasteiger partial charge in [0.05, 0.1) is 0 Å². The van der Waals surface area contributed by atoms with Crippen molar-refractivity contribution < 1.29 is 4.49 Å². The largest absolute Gasteiger partial charge is 0.506 e. The Morgan fingerprint density at radius 2 is 1.35 bits per heavy atom. The molecule has 0 aliphatic carbocycles. The number of para-hydroxylation sites is 2. The van der Waals surface area contributed by atoms with E-state index in [-0.39, 0.29) is 13.7 Å². The Balaban J connectivity index is 2.09. The van der Waals surface area contributed by atoms with E-state index < -0.39 is 0 Å². The third-order valence-electron chi connectivity index (χ3n) is 4.25. The lowest BCUT2D eigenvalue weighted by Gasteiger charge is -2.24. The summed E-state index contributed by atoms with van der Waals surface area (Å²) >= 11 is 0. The lowest BCUT2D eigenvalue weighted by molar-refractivity contribution is -0.283. The minimum atomic E-state index is 0.229. The van der Waals surface area contributed by atoms with E-state index in [9.17, 15) is 0 Å². The Morgan fingerprint density at radius 3 is 1.87 bits per heavy atom. The van der Waals surface area contributed by atoms with E-state index in [4.69, 9.17) is 0 Å². The number of anilines is 1. The van der Waals surface area contributed by atoms with Crippen molar-refractivity contribution in [2.75, 3.05) is 33.0 Å². The van der Waals surface area contributed by atoms with E-state index in [1.807, 2.05) is 0 Å². The molecule has 0 radical (unpaired) electrons. The van der Waals surface area contributed by atoms with Gasteiger partial charge in [0.15, 0.2) is 0 Å². The summed E-state index contributed by atoms with van der Waals surface area (Å²) in [4.78, 5) is 6.89. The average molecular weight is 305 g/mol. The summed E-state index contributed by atoms with van der Waals surface area (Å²) in [6.45, 7) is 0.459. The first-order chi connectivity index (χ1) is 11.1. The molecule has 2 aromatic rings. The van der Waals surface area contributed by atoms with E-state index in [0.29, 0.717) is 0 Å². The molecule has 0 N–H and O–H groups in total. The highest BCUT2D eigenvalue weighted by Crippen LogP contribution is 2.24. The molecule has 3 rings (SSSR count). The fourth-order valence-electron chi connectivity index (χ4n) is 3.23. The van der Waals surface area contributed by atoms with Crippen LogP contribution in [0.1, 0.15) is 0 Å². The molecule has 0 fully saturated rings. The van der Waals surface area contributed by atoms with Gasteiger partial charge < -0.3 is 9.62 Å². The molecule has 6 heteroatoms. The van der Waals surface area contributed by atoms with Gasteiger partial charge in [-0.15, -0.1) is 0 Å². The molecule has 0 spiro atoms. The molecule has 23 heavy (non-hydrogen) atoms. The molecule has 116 valence electrons. The van der Waals surface area contributed by atoms with Crippen LogP contribution in [-0.4, -0.2) is 62.4 Å². The maximum atomic E-state index is 2.34. The third kappa shape index (κ3) is 3.05. The zero-order valence-corrected chi connectivity index (χ0v) is 14.3. The van der Waals surface area contributed by atoms with Gasteiger partial charge in [-0.1, -0.05) is 36.4 Å². The van der Waals surface area contributed by atoms with Crippen LogP contribution in [0.15, 0.2) is 60.7 Å². The Hall–Kier alpha value is -2.04. The third-order valence-corrected chi connectivity index (χ3v) is 4.25. The van der Waals surface area contributed by atoms with Crippen LogP contribution < -0.4 is 4.81 Å². The van der Waals surface area contributed by atoms with Crippen molar-refractivity contribution in [3.63, 3.8) is 0 Å². The second-order valence-electron chi connectivity index (χ2n) is 6.36. The van der Waals surface area contributed by atoms with E-state index in [1.54, 1.807) is 0 Å². The molecule has 1 aliphatic rings. The number of hydrogen-bond donors (Lipinski definition) is 0. The minimum Gasteiger partial charge on any atom is -0.308 e. The molecular weight excluding hydrogens is 282 g/mol. The van der Waals surface area contributed by atoms with Crippen LogP contribution in [0.2, 0.25) is 0 Å². The Bertz CT molecular complexity index is 674. The summed E-state index contributed by atoms with van der Waals surface area (Å²) in [5.74, 6) is 0. The van der Waals surface area contributed by atoms with Crippen LogP contribution in [0.4, 0.5) is 11.4 Å². The van der Waals surface area contributed by atoms with E-state index in [1.165, 1.54) is 11.4 Å². The standard InChI is InChI=1S/C17H23B2N4/c1-20(2)18-19(21(3)4)23(17-13-9-6-10-14-17)15-22(18)16-11-7-5-8-12-16/h5-15H,1-4H3/q+1. The maximum Gasteiger partial charge on any atom is 0.506 e. The van der Waals surface area contributed by atoms with Crippen LogP contribution in [0, 0.1) is 0 Å². The summed E-state index contributed by atoms with van der Waals surface area (Å²) in [5, 5.41) is 0. The first-order valence-corrected chi connectivity index (χ1v) is 7.94. The zero-order chi connectivity index (χ0) is 16.4. The van der Waals surface area contributed by atoms with Crippen LogP contribution in [-0.2, 0) is 0 Å². The highest BCUT2D eigenvalue weighted by molar-refractivity contribution is 7.20. The Morgan fingerprint density at radius 1 is 0.783 bits per heavy atom. The topological polar surface area (TPSA) is 12.7 Å². The quantitative estimate of drug-likeness (QED) is 0.803. The fraction of sp³-hybridized carbons (Fsp3) is 0.235. The summed E-state index contributed by atoms with van der Waals surface area (Å²) in [6.07, 6.45) is 2.22. The van der Waals surface area contributed by atoms with Crippen molar-refractivity contribution in [3.05, 3.63) is 60.7 Å². The smallest absolute Gasteiger partial charge is 0.308 e. The van der Waals surface area contributed by atoms with Gasteiger partial charge >= 0.3 is 13.7 Å². The number of rotatable bonds is 4. The van der Waals surface area contributed by atoms with Crippen molar-refractivity contribution in [1.82, 2.24) is 9.62 Å². The molecule has 0 bridgehead atoms. The molecule has 0 saturated carbocycles. The van der Waals surface area contributed by atoms with Gasteiger partial charge in [0.1, 0.15) is 11.4 Å². The summed E-state index contributed by atoms with van der Waals surface area (Å²) in [5.41, 5.74) is 2.41. The Labute approximate surface area is 139 Å². The molecule has 1 heterocycles. The lowest BCUT2D eigenvalue weighted by Crippen LogP contribution is -2.62. The SMILES string of the molecule is CN(C)B1B(N(C)C)[N+](c2ccccc2)=CN1c1ccccc1. The van der Waals surface area contributed by atoms with Crippen LogP contribution in [0.25, 0.3) is 0 Å². The monoisotopic (exact) mass is 305 g/mol. The number of benzene rings is 2. The van der Waals surface area contributed by atoms with Gasteiger partial charge in [-0.2, -0.15) is 0 Å². The maximum absolute atomic E-state index is 2.34. The molecule has 0 amide bonds. The molecule has 4 nitrogen and oxygen atoms in total. The van der Waals surface area contributed by atoms with Gasteiger partial charge in [-0.3, -0.25) is 9.30 Å². The Kier molecular flexibility index (Phi) is 4.55. The zero-order valence-electron chi connectivity index (χ0n) is 14.3. The highest BCUT2D eigenvalue weighted by Gasteiger charge is 2.58. The average Bonchev–Trinajstić information content (AvgIpc) is 2.97. The van der Waals surface area contributed by atoms with Gasteiger partial charge in [-0.05, 0) is 52.5 Å². The van der Waals surface area contributed by atoms with Gasteiger partial charge in [0, 0.05) is 0 Å². The molecule has 0 aromatic heterocycles. The molecule has 1 aliphatic heterocycles. The first kappa shape index (κ1) is 15.8. The molecular formula is C17H23B2N4+. The van der Waals surface area contributed by atoms with E-state index in [2.05, 4.69) is 114 Å². The number of nitrogens with zero attached hydrogens (tertiary/aromatic N) is 4. The molecule has 0 saturated heterocycles. The second kappa shape index (κ2) is 6.60. The van der Waals surface area contributed by atoms with Crippen molar-refractivity contribution >= 4 is 31.5 Å². The first-order valence-electron chi connectivity index (χ1n) is 7.94. The molecule has 0 atom stereocenters. The van der Waals surface area contributed by atoms with E-state index in [0.717, 1.165) is 0 Å². The minimum absolute atomic E-state index is 0.229. The van der Waals surface area contributed by atoms with Gasteiger partial charge in [0.25, 0.3) is 0 Å². The number of hydrogen-bond acceptors (Lipinski definition) is 3. The normalized spacial score (nSPS) is 14.9. The van der Waals surface area contributed by atoms with Crippen molar-refractivity contribution in [1.29, 1.82) is 0 Å². The van der Waals surface area contributed by atoms with Crippen LogP contribution in [0.5, 0.6) is 0 Å². The van der Waals surface area contributed by atoms with Crippen molar-refractivity contribution in [2.24, 2.45) is 0 Å². The predicted molar refractivity (Wildman–Crippen MR) is 100 cm³/mol.